The van der Waals surface area contributed by atoms with Gasteiger partial charge in [-0.2, -0.15) is 0 Å². The number of aromatic nitrogens is 1. The Labute approximate surface area is 216 Å². The number of piperidine rings is 1. The van der Waals surface area contributed by atoms with Crippen LogP contribution in [0, 0.1) is 5.92 Å². The first-order valence-corrected chi connectivity index (χ1v) is 14.1. The fraction of sp³-hybridized carbons (Fsp3) is 0.633. The van der Waals surface area contributed by atoms with Crippen LogP contribution in [0.15, 0.2) is 54.9 Å². The molecule has 1 spiro atoms. The summed E-state index contributed by atoms with van der Waals surface area (Å²) >= 11 is 0. The van der Waals surface area contributed by atoms with Crippen molar-refractivity contribution in [3.8, 4) is 0 Å². The molecule has 4 fully saturated rings. The van der Waals surface area contributed by atoms with Crippen LogP contribution in [-0.4, -0.2) is 83.0 Å². The van der Waals surface area contributed by atoms with Crippen molar-refractivity contribution >= 4 is 5.69 Å². The zero-order chi connectivity index (χ0) is 24.8. The van der Waals surface area contributed by atoms with Crippen molar-refractivity contribution in [2.24, 2.45) is 5.92 Å². The van der Waals surface area contributed by atoms with Crippen LogP contribution in [0.3, 0.4) is 0 Å². The average Bonchev–Trinajstić information content (AvgIpc) is 3.72. The standard InChI is InChI=1S/C30H43N5O/c1-32(2)30(25-6-4-3-5-7-25)16-14-29(15-17-30)23-34(28(36)35(29)22-24-8-9-24)27-12-20-33(21-13-27)26-10-18-31-19-11-26/h3-7,10-11,18-19,24,27-28,36H,8-9,12-17,20-23H2,1-2H3. The molecule has 36 heavy (non-hydrogen) atoms. The van der Waals surface area contributed by atoms with Gasteiger partial charge in [0.05, 0.1) is 0 Å². The van der Waals surface area contributed by atoms with Crippen LogP contribution in [-0.2, 0) is 5.54 Å². The highest BCUT2D eigenvalue weighted by molar-refractivity contribution is 5.45. The van der Waals surface area contributed by atoms with Crippen LogP contribution in [0.2, 0.25) is 0 Å². The largest absolute Gasteiger partial charge is 0.371 e. The second kappa shape index (κ2) is 9.71. The second-order valence-corrected chi connectivity index (χ2v) is 12.1. The van der Waals surface area contributed by atoms with Crippen molar-refractivity contribution in [2.45, 2.75) is 74.8 Å². The number of rotatable bonds is 6. The van der Waals surface area contributed by atoms with Gasteiger partial charge < -0.3 is 10.0 Å². The quantitative estimate of drug-likeness (QED) is 0.659. The van der Waals surface area contributed by atoms with Crippen LogP contribution in [0.5, 0.6) is 0 Å². The number of pyridine rings is 1. The lowest BCUT2D eigenvalue weighted by atomic mass is 9.68. The molecule has 3 heterocycles. The third kappa shape index (κ3) is 4.36. The van der Waals surface area contributed by atoms with Crippen molar-refractivity contribution in [1.82, 2.24) is 19.7 Å². The third-order valence-electron chi connectivity index (χ3n) is 9.95. The van der Waals surface area contributed by atoms with Gasteiger partial charge in [0.15, 0.2) is 6.35 Å². The number of nitrogens with zero attached hydrogens (tertiary/aromatic N) is 5. The molecule has 194 valence electrons. The number of hydrogen-bond acceptors (Lipinski definition) is 6. The molecule has 2 aliphatic carbocycles. The van der Waals surface area contributed by atoms with Crippen LogP contribution < -0.4 is 4.90 Å². The SMILES string of the molecule is CN(C)C1(c2ccccc2)CCC2(CC1)CN(C1CCN(c3ccncc3)CC1)C(O)N2CC1CC1. The van der Waals surface area contributed by atoms with Crippen molar-refractivity contribution in [1.29, 1.82) is 0 Å². The fourth-order valence-corrected chi connectivity index (χ4v) is 7.45. The van der Waals surface area contributed by atoms with Gasteiger partial charge in [0.25, 0.3) is 0 Å². The number of anilines is 1. The summed E-state index contributed by atoms with van der Waals surface area (Å²) in [5.74, 6) is 0.777. The Morgan fingerprint density at radius 1 is 0.917 bits per heavy atom. The van der Waals surface area contributed by atoms with E-state index in [1.807, 2.05) is 12.4 Å². The van der Waals surface area contributed by atoms with Crippen LogP contribution in [0.4, 0.5) is 5.69 Å². The molecule has 6 heteroatoms. The molecule has 1 N–H and O–H groups in total. The lowest BCUT2D eigenvalue weighted by Gasteiger charge is -2.51. The highest BCUT2D eigenvalue weighted by Gasteiger charge is 2.56. The number of aliphatic hydroxyl groups excluding tert-OH is 1. The molecule has 1 atom stereocenters. The molecule has 2 aliphatic heterocycles. The summed E-state index contributed by atoms with van der Waals surface area (Å²) in [5, 5.41) is 11.8. The van der Waals surface area contributed by atoms with Gasteiger partial charge in [-0.15, -0.1) is 0 Å². The first kappa shape index (κ1) is 24.4. The van der Waals surface area contributed by atoms with Crippen molar-refractivity contribution in [3.63, 3.8) is 0 Å². The molecule has 2 saturated heterocycles. The molecule has 0 radical (unpaired) electrons. The Hall–Kier alpha value is -1.99. The number of hydrogen-bond donors (Lipinski definition) is 1. The van der Waals surface area contributed by atoms with Gasteiger partial charge in [-0.1, -0.05) is 30.3 Å². The number of aliphatic hydroxyl groups is 1. The second-order valence-electron chi connectivity index (χ2n) is 12.1. The van der Waals surface area contributed by atoms with E-state index < -0.39 is 6.35 Å². The van der Waals surface area contributed by atoms with E-state index in [2.05, 4.69) is 81.1 Å². The molecule has 2 aromatic rings. The Kier molecular flexibility index (Phi) is 6.57. The minimum Gasteiger partial charge on any atom is -0.371 e. The van der Waals surface area contributed by atoms with Crippen molar-refractivity contribution in [2.75, 3.05) is 45.2 Å². The van der Waals surface area contributed by atoms with Gasteiger partial charge in [-0.05, 0) is 89.1 Å². The molecule has 1 aromatic heterocycles. The third-order valence-corrected chi connectivity index (χ3v) is 9.95. The van der Waals surface area contributed by atoms with Gasteiger partial charge in [-0.25, -0.2) is 0 Å². The molecule has 0 bridgehead atoms. The maximum absolute atomic E-state index is 11.8. The molecule has 0 amide bonds. The van der Waals surface area contributed by atoms with E-state index in [1.54, 1.807) is 0 Å². The van der Waals surface area contributed by atoms with Crippen LogP contribution in [0.25, 0.3) is 0 Å². The van der Waals surface area contributed by atoms with E-state index in [4.69, 9.17) is 0 Å². The highest BCUT2D eigenvalue weighted by Crippen LogP contribution is 2.51. The van der Waals surface area contributed by atoms with Gasteiger partial charge >= 0.3 is 0 Å². The molecule has 1 aromatic carbocycles. The maximum Gasteiger partial charge on any atom is 0.166 e. The van der Waals surface area contributed by atoms with E-state index in [9.17, 15) is 5.11 Å². The van der Waals surface area contributed by atoms with Gasteiger partial charge in [0, 0.05) is 61.4 Å². The zero-order valence-electron chi connectivity index (χ0n) is 22.1. The molecule has 6 rings (SSSR count). The Bertz CT molecular complexity index is 995. The van der Waals surface area contributed by atoms with E-state index in [-0.39, 0.29) is 11.1 Å². The summed E-state index contributed by atoms with van der Waals surface area (Å²) in [6.07, 6.45) is 12.8. The summed E-state index contributed by atoms with van der Waals surface area (Å²) in [4.78, 5) is 14.1. The predicted octanol–water partition coefficient (Wildman–Crippen LogP) is 4.12. The zero-order valence-corrected chi connectivity index (χ0v) is 22.1. The number of benzene rings is 1. The lowest BCUT2D eigenvalue weighted by Crippen LogP contribution is -2.56. The first-order chi connectivity index (χ1) is 17.5. The summed E-state index contributed by atoms with van der Waals surface area (Å²) in [6, 6.07) is 15.8. The van der Waals surface area contributed by atoms with Gasteiger partial charge in [0.1, 0.15) is 0 Å². The maximum atomic E-state index is 11.8. The monoisotopic (exact) mass is 489 g/mol. The van der Waals surface area contributed by atoms with Gasteiger partial charge in [0.2, 0.25) is 0 Å². The topological polar surface area (TPSA) is 46.1 Å². The summed E-state index contributed by atoms with van der Waals surface area (Å²) in [7, 11) is 4.50. The minimum atomic E-state index is -0.438. The van der Waals surface area contributed by atoms with Crippen LogP contribution >= 0.6 is 0 Å². The Balaban J connectivity index is 1.19. The minimum absolute atomic E-state index is 0.0893. The van der Waals surface area contributed by atoms with Gasteiger partial charge in [-0.3, -0.25) is 19.7 Å². The van der Waals surface area contributed by atoms with E-state index in [0.717, 1.165) is 70.6 Å². The molecule has 4 aliphatic rings. The van der Waals surface area contributed by atoms with E-state index in [1.165, 1.54) is 24.1 Å². The average molecular weight is 490 g/mol. The molecule has 6 nitrogen and oxygen atoms in total. The van der Waals surface area contributed by atoms with Crippen LogP contribution in [0.1, 0.15) is 56.9 Å². The Morgan fingerprint density at radius 3 is 2.19 bits per heavy atom. The first-order valence-electron chi connectivity index (χ1n) is 14.1. The lowest BCUT2D eigenvalue weighted by molar-refractivity contribution is -0.105. The fourth-order valence-electron chi connectivity index (χ4n) is 7.45. The highest BCUT2D eigenvalue weighted by atomic mass is 16.3. The normalized spacial score (nSPS) is 32.6. The smallest absolute Gasteiger partial charge is 0.166 e. The van der Waals surface area contributed by atoms with Crippen molar-refractivity contribution in [3.05, 3.63) is 60.4 Å². The predicted molar refractivity (Wildman–Crippen MR) is 145 cm³/mol. The van der Waals surface area contributed by atoms with E-state index in [0.29, 0.717) is 6.04 Å². The molecule has 2 saturated carbocycles. The Morgan fingerprint density at radius 2 is 1.58 bits per heavy atom. The molecular weight excluding hydrogens is 446 g/mol. The summed E-state index contributed by atoms with van der Waals surface area (Å²) in [5.41, 5.74) is 2.90. The molecular formula is C30H43N5O. The summed E-state index contributed by atoms with van der Waals surface area (Å²) < 4.78 is 0. The molecule has 1 unspecified atom stereocenters. The summed E-state index contributed by atoms with van der Waals surface area (Å²) in [6.45, 7) is 4.17. The van der Waals surface area contributed by atoms with Crippen molar-refractivity contribution < 1.29 is 5.11 Å². The van der Waals surface area contributed by atoms with E-state index >= 15 is 0 Å².